The van der Waals surface area contributed by atoms with E-state index in [0.29, 0.717) is 17.0 Å². The van der Waals surface area contributed by atoms with Crippen molar-refractivity contribution in [2.75, 3.05) is 13.7 Å². The van der Waals surface area contributed by atoms with Crippen molar-refractivity contribution in [3.63, 3.8) is 0 Å². The maximum absolute atomic E-state index is 14.2. The predicted molar refractivity (Wildman–Crippen MR) is 108 cm³/mol. The summed E-state index contributed by atoms with van der Waals surface area (Å²) >= 11 is 0. The molecule has 29 heavy (non-hydrogen) atoms. The molecule has 1 amide bonds. The number of esters is 1. The summed E-state index contributed by atoms with van der Waals surface area (Å²) in [5.74, 6) is -0.885. The Labute approximate surface area is 169 Å². The normalized spacial score (nSPS) is 18.8. The molecule has 0 saturated heterocycles. The molecule has 2 aromatic carbocycles. The van der Waals surface area contributed by atoms with Crippen molar-refractivity contribution in [2.45, 2.75) is 32.2 Å². The second kappa shape index (κ2) is 9.18. The zero-order valence-corrected chi connectivity index (χ0v) is 16.7. The minimum atomic E-state index is -0.719. The van der Waals surface area contributed by atoms with Gasteiger partial charge in [-0.3, -0.25) is 4.79 Å². The van der Waals surface area contributed by atoms with Crippen LogP contribution in [0.2, 0.25) is 0 Å². The van der Waals surface area contributed by atoms with E-state index in [4.69, 9.17) is 9.84 Å². The number of hydrogen-bond acceptors (Lipinski definition) is 4. The molecule has 1 saturated carbocycles. The minimum absolute atomic E-state index is 0.0400. The van der Waals surface area contributed by atoms with Gasteiger partial charge in [0.2, 0.25) is 5.91 Å². The first-order chi connectivity index (χ1) is 14.0. The van der Waals surface area contributed by atoms with Crippen LogP contribution >= 0.6 is 0 Å². The topological polar surface area (TPSA) is 75.6 Å². The third-order valence-corrected chi connectivity index (χ3v) is 5.48. The maximum Gasteiger partial charge on any atom is 0.341 e. The smallest absolute Gasteiger partial charge is 0.341 e. The lowest BCUT2D eigenvalue weighted by molar-refractivity contribution is -0.123. The molecule has 1 aliphatic rings. The van der Waals surface area contributed by atoms with Crippen molar-refractivity contribution in [3.05, 3.63) is 59.4 Å². The maximum atomic E-state index is 14.2. The van der Waals surface area contributed by atoms with Crippen molar-refractivity contribution in [3.8, 4) is 11.1 Å². The standard InChI is InChI=1S/C23H26FNO4/c1-14(25-22(27)19-13-17(19)5-4-12-26)15-8-10-16(11-9-15)18-6-3-7-20(24)21(18)23(28)29-2/h3,6-11,14,17,19,26H,4-5,12-13H2,1-2H3,(H,25,27)/t14-,17?,19?/m1/s1. The quantitative estimate of drug-likeness (QED) is 0.661. The van der Waals surface area contributed by atoms with Crippen LogP contribution in [0.5, 0.6) is 0 Å². The average molecular weight is 399 g/mol. The zero-order chi connectivity index (χ0) is 21.0. The summed E-state index contributed by atoms with van der Waals surface area (Å²) in [6.07, 6.45) is 2.50. The van der Waals surface area contributed by atoms with E-state index < -0.39 is 11.8 Å². The number of carbonyl (C=O) groups is 2. The highest BCUT2D eigenvalue weighted by molar-refractivity contribution is 5.97. The third kappa shape index (κ3) is 4.82. The van der Waals surface area contributed by atoms with E-state index in [1.165, 1.54) is 13.2 Å². The fraction of sp³-hybridized carbons (Fsp3) is 0.391. The van der Waals surface area contributed by atoms with E-state index in [2.05, 4.69) is 5.32 Å². The van der Waals surface area contributed by atoms with Crippen molar-refractivity contribution >= 4 is 11.9 Å². The van der Waals surface area contributed by atoms with Crippen LogP contribution in [-0.2, 0) is 9.53 Å². The lowest BCUT2D eigenvalue weighted by Crippen LogP contribution is -2.28. The molecule has 0 spiro atoms. The van der Waals surface area contributed by atoms with Gasteiger partial charge in [0, 0.05) is 12.5 Å². The van der Waals surface area contributed by atoms with Gasteiger partial charge < -0.3 is 15.2 Å². The summed E-state index contributed by atoms with van der Waals surface area (Å²) in [5.41, 5.74) is 1.99. The van der Waals surface area contributed by atoms with Crippen LogP contribution in [0.4, 0.5) is 4.39 Å². The van der Waals surface area contributed by atoms with E-state index >= 15 is 0 Å². The zero-order valence-electron chi connectivity index (χ0n) is 16.7. The number of benzene rings is 2. The van der Waals surface area contributed by atoms with Gasteiger partial charge in [0.25, 0.3) is 0 Å². The highest BCUT2D eigenvalue weighted by atomic mass is 19.1. The number of methoxy groups -OCH3 is 1. The third-order valence-electron chi connectivity index (χ3n) is 5.48. The van der Waals surface area contributed by atoms with Gasteiger partial charge in [-0.05, 0) is 54.9 Å². The van der Waals surface area contributed by atoms with Gasteiger partial charge in [-0.15, -0.1) is 0 Å². The van der Waals surface area contributed by atoms with Gasteiger partial charge in [-0.25, -0.2) is 9.18 Å². The molecule has 1 aliphatic carbocycles. The van der Waals surface area contributed by atoms with Crippen LogP contribution < -0.4 is 5.32 Å². The lowest BCUT2D eigenvalue weighted by Gasteiger charge is -2.16. The number of carbonyl (C=O) groups excluding carboxylic acids is 2. The molecule has 2 aromatic rings. The first-order valence-corrected chi connectivity index (χ1v) is 9.84. The van der Waals surface area contributed by atoms with Gasteiger partial charge in [0.15, 0.2) is 0 Å². The van der Waals surface area contributed by atoms with Crippen LogP contribution in [0.25, 0.3) is 11.1 Å². The fourth-order valence-electron chi connectivity index (χ4n) is 3.67. The molecule has 0 bridgehead atoms. The van der Waals surface area contributed by atoms with E-state index in [1.54, 1.807) is 24.3 Å². The summed E-state index contributed by atoms with van der Waals surface area (Å²) in [7, 11) is 1.22. The van der Waals surface area contributed by atoms with E-state index in [0.717, 1.165) is 24.8 Å². The number of aliphatic hydroxyl groups excluding tert-OH is 1. The van der Waals surface area contributed by atoms with Crippen LogP contribution in [0.1, 0.15) is 48.1 Å². The Hall–Kier alpha value is -2.73. The number of hydrogen-bond donors (Lipinski definition) is 2. The Kier molecular flexibility index (Phi) is 6.64. The first kappa shape index (κ1) is 21.0. The Morgan fingerprint density at radius 3 is 2.62 bits per heavy atom. The first-order valence-electron chi connectivity index (χ1n) is 9.84. The summed E-state index contributed by atoms with van der Waals surface area (Å²) in [4.78, 5) is 24.3. The van der Waals surface area contributed by atoms with Gasteiger partial charge in [0.1, 0.15) is 11.4 Å². The summed E-state index contributed by atoms with van der Waals surface area (Å²) in [6, 6.07) is 11.6. The fourth-order valence-corrected chi connectivity index (χ4v) is 3.67. The number of nitrogens with one attached hydrogen (secondary N) is 1. The largest absolute Gasteiger partial charge is 0.465 e. The second-order valence-electron chi connectivity index (χ2n) is 7.47. The summed E-state index contributed by atoms with van der Waals surface area (Å²) in [5, 5.41) is 11.9. The van der Waals surface area contributed by atoms with Gasteiger partial charge in [0.05, 0.1) is 13.2 Å². The molecule has 1 fully saturated rings. The molecule has 6 heteroatoms. The SMILES string of the molecule is COC(=O)c1c(F)cccc1-c1ccc([C@@H](C)NC(=O)C2CC2CCCO)cc1. The second-order valence-corrected chi connectivity index (χ2v) is 7.47. The van der Waals surface area contributed by atoms with E-state index in [1.807, 2.05) is 19.1 Å². The Balaban J connectivity index is 1.69. The summed E-state index contributed by atoms with van der Waals surface area (Å²) < 4.78 is 18.9. The molecule has 2 N–H and O–H groups in total. The molecular weight excluding hydrogens is 373 g/mol. The number of aliphatic hydroxyl groups is 1. The average Bonchev–Trinajstić information content (AvgIpc) is 3.51. The molecule has 3 atom stereocenters. The van der Waals surface area contributed by atoms with Gasteiger partial charge in [-0.2, -0.15) is 0 Å². The molecule has 0 radical (unpaired) electrons. The van der Waals surface area contributed by atoms with Crippen molar-refractivity contribution < 1.29 is 23.8 Å². The Morgan fingerprint density at radius 2 is 1.97 bits per heavy atom. The molecule has 0 heterocycles. The van der Waals surface area contributed by atoms with Crippen molar-refractivity contribution in [1.82, 2.24) is 5.32 Å². The lowest BCUT2D eigenvalue weighted by atomic mass is 9.97. The Morgan fingerprint density at radius 1 is 1.24 bits per heavy atom. The minimum Gasteiger partial charge on any atom is -0.465 e. The van der Waals surface area contributed by atoms with Crippen LogP contribution in [0.3, 0.4) is 0 Å². The summed E-state index contributed by atoms with van der Waals surface area (Å²) in [6.45, 7) is 2.08. The van der Waals surface area contributed by atoms with Crippen LogP contribution in [0, 0.1) is 17.7 Å². The van der Waals surface area contributed by atoms with Crippen LogP contribution in [0.15, 0.2) is 42.5 Å². The van der Waals surface area contributed by atoms with Crippen molar-refractivity contribution in [2.24, 2.45) is 11.8 Å². The molecule has 5 nitrogen and oxygen atoms in total. The molecule has 3 rings (SSSR count). The Bertz CT molecular complexity index is 881. The van der Waals surface area contributed by atoms with Crippen LogP contribution in [-0.4, -0.2) is 30.7 Å². The predicted octanol–water partition coefficient (Wildman–Crippen LogP) is 3.87. The molecule has 0 aromatic heterocycles. The molecular formula is C23H26FNO4. The number of halogens is 1. The molecule has 2 unspecified atom stereocenters. The highest BCUT2D eigenvalue weighted by Gasteiger charge is 2.42. The molecule has 154 valence electrons. The van der Waals surface area contributed by atoms with Gasteiger partial charge >= 0.3 is 5.97 Å². The monoisotopic (exact) mass is 399 g/mol. The number of ether oxygens (including phenoxy) is 1. The van der Waals surface area contributed by atoms with Crippen molar-refractivity contribution in [1.29, 1.82) is 0 Å². The van der Waals surface area contributed by atoms with E-state index in [-0.39, 0.29) is 30.0 Å². The number of rotatable bonds is 8. The van der Waals surface area contributed by atoms with Gasteiger partial charge in [-0.1, -0.05) is 36.4 Å². The highest BCUT2D eigenvalue weighted by Crippen LogP contribution is 2.42. The number of amides is 1. The van der Waals surface area contributed by atoms with E-state index in [9.17, 15) is 14.0 Å². The molecule has 0 aliphatic heterocycles.